The number of anilines is 1. The molecule has 1 aromatic rings. The number of rotatable bonds is 9. The van der Waals surface area contributed by atoms with Crippen molar-refractivity contribution in [2.75, 3.05) is 18.0 Å². The first-order valence-corrected chi connectivity index (χ1v) is 7.33. The molecule has 0 bridgehead atoms. The van der Waals surface area contributed by atoms with Crippen LogP contribution in [0, 0.1) is 6.92 Å². The smallest absolute Gasteiger partial charge is 0.323 e. The van der Waals surface area contributed by atoms with Gasteiger partial charge in [-0.05, 0) is 38.4 Å². The van der Waals surface area contributed by atoms with Crippen molar-refractivity contribution in [1.29, 1.82) is 0 Å². The summed E-state index contributed by atoms with van der Waals surface area (Å²) in [5.41, 5.74) is 7.13. The second kappa shape index (κ2) is 9.13. The molecule has 0 spiro atoms. The molecule has 0 saturated carbocycles. The molecule has 0 aliphatic rings. The van der Waals surface area contributed by atoms with Crippen molar-refractivity contribution in [2.45, 2.75) is 39.0 Å². The molecule has 5 nitrogen and oxygen atoms in total. The van der Waals surface area contributed by atoms with E-state index in [1.807, 2.05) is 19.1 Å². The first-order valence-electron chi connectivity index (χ1n) is 7.33. The number of carbonyl (C=O) groups is 2. The van der Waals surface area contributed by atoms with E-state index in [0.717, 1.165) is 31.2 Å². The van der Waals surface area contributed by atoms with Crippen molar-refractivity contribution >= 4 is 17.6 Å². The van der Waals surface area contributed by atoms with Crippen LogP contribution >= 0.6 is 0 Å². The average molecular weight is 292 g/mol. The fourth-order valence-electron chi connectivity index (χ4n) is 2.09. The van der Waals surface area contributed by atoms with E-state index in [9.17, 15) is 9.59 Å². The number of carboxylic acid groups (broad SMARTS) is 1. The number of unbranched alkanes of at least 4 members (excludes halogenated alkanes) is 3. The minimum atomic E-state index is -1.01. The first kappa shape index (κ1) is 17.2. The molecule has 21 heavy (non-hydrogen) atoms. The van der Waals surface area contributed by atoms with Crippen molar-refractivity contribution in [3.05, 3.63) is 29.8 Å². The molecule has 1 aromatic carbocycles. The summed E-state index contributed by atoms with van der Waals surface area (Å²) < 4.78 is 0. The van der Waals surface area contributed by atoms with Gasteiger partial charge in [-0.15, -0.1) is 0 Å². The molecule has 0 radical (unpaired) electrons. The van der Waals surface area contributed by atoms with Crippen molar-refractivity contribution < 1.29 is 14.7 Å². The Morgan fingerprint density at radius 2 is 1.71 bits per heavy atom. The highest BCUT2D eigenvalue weighted by Gasteiger charge is 2.18. The SMILES string of the molecule is Cc1ccc(N(CC(=O)O)C(=O)CCCCCCN)cc1. The van der Waals surface area contributed by atoms with Crippen LogP contribution in [0.1, 0.15) is 37.7 Å². The van der Waals surface area contributed by atoms with E-state index in [1.54, 1.807) is 12.1 Å². The molecule has 0 aliphatic heterocycles. The molecule has 0 fully saturated rings. The third-order valence-electron chi connectivity index (χ3n) is 3.28. The Morgan fingerprint density at radius 3 is 2.29 bits per heavy atom. The quantitative estimate of drug-likeness (QED) is 0.684. The van der Waals surface area contributed by atoms with Crippen molar-refractivity contribution in [3.8, 4) is 0 Å². The minimum absolute atomic E-state index is 0.144. The Hall–Kier alpha value is -1.88. The summed E-state index contributed by atoms with van der Waals surface area (Å²) >= 11 is 0. The highest BCUT2D eigenvalue weighted by molar-refractivity contribution is 5.97. The number of nitrogens with two attached hydrogens (primary N) is 1. The van der Waals surface area contributed by atoms with Crippen LogP contribution in [0.15, 0.2) is 24.3 Å². The van der Waals surface area contributed by atoms with E-state index >= 15 is 0 Å². The van der Waals surface area contributed by atoms with Crippen molar-refractivity contribution in [3.63, 3.8) is 0 Å². The van der Waals surface area contributed by atoms with Gasteiger partial charge >= 0.3 is 5.97 Å². The topological polar surface area (TPSA) is 83.6 Å². The fraction of sp³-hybridized carbons (Fsp3) is 0.500. The highest BCUT2D eigenvalue weighted by Crippen LogP contribution is 2.17. The number of amides is 1. The molecule has 0 heterocycles. The molecule has 0 saturated heterocycles. The van der Waals surface area contributed by atoms with Gasteiger partial charge in [0.05, 0.1) is 0 Å². The minimum Gasteiger partial charge on any atom is -0.480 e. The molecule has 0 unspecified atom stereocenters. The van der Waals surface area contributed by atoms with Crippen molar-refractivity contribution in [1.82, 2.24) is 0 Å². The van der Waals surface area contributed by atoms with Gasteiger partial charge in [0.15, 0.2) is 0 Å². The van der Waals surface area contributed by atoms with E-state index in [1.165, 1.54) is 4.90 Å². The lowest BCUT2D eigenvalue weighted by Gasteiger charge is -2.21. The van der Waals surface area contributed by atoms with Crippen LogP contribution in [0.3, 0.4) is 0 Å². The van der Waals surface area contributed by atoms with Gasteiger partial charge in [-0.2, -0.15) is 0 Å². The van der Waals surface area contributed by atoms with E-state index in [4.69, 9.17) is 10.8 Å². The van der Waals surface area contributed by atoms with Gasteiger partial charge in [-0.25, -0.2) is 0 Å². The summed E-state index contributed by atoms with van der Waals surface area (Å²) in [6.07, 6.45) is 4.04. The Kier molecular flexibility index (Phi) is 7.46. The monoisotopic (exact) mass is 292 g/mol. The molecule has 0 aromatic heterocycles. The summed E-state index contributed by atoms with van der Waals surface area (Å²) in [6, 6.07) is 7.31. The Labute approximate surface area is 125 Å². The van der Waals surface area contributed by atoms with Gasteiger partial charge in [-0.3, -0.25) is 9.59 Å². The summed E-state index contributed by atoms with van der Waals surface area (Å²) in [5, 5.41) is 8.98. The third kappa shape index (κ3) is 6.40. The number of benzene rings is 1. The lowest BCUT2D eigenvalue weighted by molar-refractivity contribution is -0.136. The molecule has 5 heteroatoms. The molecule has 1 rings (SSSR count). The van der Waals surface area contributed by atoms with Crippen molar-refractivity contribution in [2.24, 2.45) is 5.73 Å². The third-order valence-corrected chi connectivity index (χ3v) is 3.28. The number of carbonyl (C=O) groups excluding carboxylic acids is 1. The average Bonchev–Trinajstić information content (AvgIpc) is 2.45. The number of hydrogen-bond donors (Lipinski definition) is 2. The van der Waals surface area contributed by atoms with Crippen LogP contribution in [-0.4, -0.2) is 30.1 Å². The van der Waals surface area contributed by atoms with Gasteiger partial charge < -0.3 is 15.7 Å². The van der Waals surface area contributed by atoms with Crippen LogP contribution in [-0.2, 0) is 9.59 Å². The molecular formula is C16H24N2O3. The lowest BCUT2D eigenvalue weighted by atomic mass is 10.1. The fourth-order valence-corrected chi connectivity index (χ4v) is 2.09. The van der Waals surface area contributed by atoms with E-state index in [2.05, 4.69) is 0 Å². The van der Waals surface area contributed by atoms with E-state index in [-0.39, 0.29) is 12.5 Å². The zero-order valence-corrected chi connectivity index (χ0v) is 12.5. The maximum absolute atomic E-state index is 12.2. The molecule has 0 aliphatic carbocycles. The molecule has 1 amide bonds. The van der Waals surface area contributed by atoms with Gasteiger partial charge in [0.2, 0.25) is 5.91 Å². The number of nitrogens with zero attached hydrogens (tertiary/aromatic N) is 1. The predicted molar refractivity (Wildman–Crippen MR) is 83.3 cm³/mol. The van der Waals surface area contributed by atoms with Crippen LogP contribution < -0.4 is 10.6 Å². The summed E-state index contributed by atoms with van der Waals surface area (Å²) in [5.74, 6) is -1.15. The van der Waals surface area contributed by atoms with E-state index < -0.39 is 5.97 Å². The lowest BCUT2D eigenvalue weighted by Crippen LogP contribution is -2.35. The Bertz CT molecular complexity index is 457. The maximum atomic E-state index is 12.2. The largest absolute Gasteiger partial charge is 0.480 e. The van der Waals surface area contributed by atoms with Gasteiger partial charge in [0.1, 0.15) is 6.54 Å². The first-order chi connectivity index (χ1) is 10.0. The zero-order valence-electron chi connectivity index (χ0n) is 12.5. The second-order valence-corrected chi connectivity index (χ2v) is 5.16. The maximum Gasteiger partial charge on any atom is 0.323 e. The second-order valence-electron chi connectivity index (χ2n) is 5.16. The van der Waals surface area contributed by atoms with Crippen LogP contribution in [0.25, 0.3) is 0 Å². The Balaban J connectivity index is 2.62. The summed E-state index contributed by atoms with van der Waals surface area (Å²) in [4.78, 5) is 24.5. The molecular weight excluding hydrogens is 268 g/mol. The standard InChI is InChI=1S/C16H24N2O3/c1-13-7-9-14(10-8-13)18(12-16(20)21)15(19)6-4-2-3-5-11-17/h7-10H,2-6,11-12,17H2,1H3,(H,20,21). The van der Waals surface area contributed by atoms with Crippen LogP contribution in [0.4, 0.5) is 5.69 Å². The van der Waals surface area contributed by atoms with Crippen LogP contribution in [0.5, 0.6) is 0 Å². The zero-order chi connectivity index (χ0) is 15.7. The number of aliphatic carboxylic acids is 1. The van der Waals surface area contributed by atoms with Gasteiger partial charge in [0.25, 0.3) is 0 Å². The van der Waals surface area contributed by atoms with E-state index in [0.29, 0.717) is 18.7 Å². The normalized spacial score (nSPS) is 10.4. The van der Waals surface area contributed by atoms with Gasteiger partial charge in [-0.1, -0.05) is 30.5 Å². The predicted octanol–water partition coefficient (Wildman–Crippen LogP) is 2.32. The molecule has 0 atom stereocenters. The molecule has 3 N–H and O–H groups in total. The molecule has 116 valence electrons. The summed E-state index contributed by atoms with van der Waals surface area (Å²) in [7, 11) is 0. The Morgan fingerprint density at radius 1 is 1.10 bits per heavy atom. The number of aryl methyl sites for hydroxylation is 1. The number of carboxylic acids is 1. The number of hydrogen-bond acceptors (Lipinski definition) is 3. The summed E-state index contributed by atoms with van der Waals surface area (Å²) in [6.45, 7) is 2.32. The van der Waals surface area contributed by atoms with Gasteiger partial charge in [0, 0.05) is 12.1 Å². The van der Waals surface area contributed by atoms with Crippen LogP contribution in [0.2, 0.25) is 0 Å². The highest BCUT2D eigenvalue weighted by atomic mass is 16.4.